The van der Waals surface area contributed by atoms with Crippen LogP contribution in [0.15, 0.2) is 45.7 Å². The molecular weight excluding hydrogens is 388 g/mol. The van der Waals surface area contributed by atoms with E-state index in [4.69, 9.17) is 11.6 Å². The average Bonchev–Trinajstić information content (AvgIpc) is 3.23. The van der Waals surface area contributed by atoms with Crippen molar-refractivity contribution in [3.05, 3.63) is 56.7 Å². The van der Waals surface area contributed by atoms with Crippen molar-refractivity contribution >= 4 is 50.7 Å². The fourth-order valence-corrected chi connectivity index (χ4v) is 4.82. The van der Waals surface area contributed by atoms with Gasteiger partial charge in [-0.15, -0.1) is 21.5 Å². The molecule has 0 aliphatic carbocycles. The number of hydrogen-bond acceptors (Lipinski definition) is 5. The quantitative estimate of drug-likeness (QED) is 0.452. The normalized spacial score (nSPS) is 11.8. The first-order chi connectivity index (χ1) is 12.5. The van der Waals surface area contributed by atoms with Gasteiger partial charge >= 0.3 is 0 Å². The molecule has 0 aliphatic heterocycles. The number of rotatable bonds is 5. The van der Waals surface area contributed by atoms with Gasteiger partial charge in [0.2, 0.25) is 5.78 Å². The van der Waals surface area contributed by atoms with Gasteiger partial charge in [0.25, 0.3) is 5.56 Å². The second-order valence-electron chi connectivity index (χ2n) is 6.48. The number of nitrogens with zero attached hydrogens (tertiary/aromatic N) is 4. The number of halogens is 1. The first-order valence-electron chi connectivity index (χ1n) is 8.27. The van der Waals surface area contributed by atoms with Gasteiger partial charge in [-0.05, 0) is 35.1 Å². The molecule has 1 aromatic carbocycles. The molecule has 0 unspecified atom stereocenters. The van der Waals surface area contributed by atoms with Crippen molar-refractivity contribution in [1.82, 2.24) is 19.2 Å². The highest BCUT2D eigenvalue weighted by Gasteiger charge is 2.18. The van der Waals surface area contributed by atoms with Crippen LogP contribution >= 0.6 is 34.7 Å². The first kappa shape index (κ1) is 17.6. The maximum atomic E-state index is 12.8. The molecule has 0 aliphatic rings. The lowest BCUT2D eigenvalue weighted by atomic mass is 10.2. The van der Waals surface area contributed by atoms with Crippen LogP contribution in [0, 0.1) is 5.92 Å². The summed E-state index contributed by atoms with van der Waals surface area (Å²) in [6.07, 6.45) is 0. The summed E-state index contributed by atoms with van der Waals surface area (Å²) in [5.41, 5.74) is 2.00. The van der Waals surface area contributed by atoms with Crippen LogP contribution in [0.5, 0.6) is 0 Å². The third-order valence-electron chi connectivity index (χ3n) is 3.99. The summed E-state index contributed by atoms with van der Waals surface area (Å²) in [6, 6.07) is 9.75. The molecule has 0 N–H and O–H groups in total. The zero-order chi connectivity index (χ0) is 18.3. The Balaban J connectivity index is 1.81. The van der Waals surface area contributed by atoms with Crippen molar-refractivity contribution in [2.24, 2.45) is 5.92 Å². The predicted octanol–water partition coefficient (Wildman–Crippen LogP) is 4.71. The Labute approximate surface area is 163 Å². The molecule has 8 heteroatoms. The molecule has 3 heterocycles. The van der Waals surface area contributed by atoms with Gasteiger partial charge in [0.05, 0.1) is 5.52 Å². The third-order valence-corrected chi connectivity index (χ3v) is 6.11. The Morgan fingerprint density at radius 2 is 2.12 bits per heavy atom. The van der Waals surface area contributed by atoms with Gasteiger partial charge in [0.15, 0.2) is 5.16 Å². The van der Waals surface area contributed by atoms with Gasteiger partial charge < -0.3 is 0 Å². The monoisotopic (exact) mass is 404 g/mol. The van der Waals surface area contributed by atoms with Crippen molar-refractivity contribution < 1.29 is 0 Å². The Bertz CT molecular complexity index is 1150. The molecule has 5 nitrogen and oxygen atoms in total. The minimum Gasteiger partial charge on any atom is -0.275 e. The number of hydrogen-bond donors (Lipinski definition) is 0. The van der Waals surface area contributed by atoms with Gasteiger partial charge in [-0.25, -0.2) is 0 Å². The van der Waals surface area contributed by atoms with Crippen LogP contribution in [0.4, 0.5) is 0 Å². The van der Waals surface area contributed by atoms with Crippen LogP contribution in [-0.4, -0.2) is 19.2 Å². The topological polar surface area (TPSA) is 52.2 Å². The van der Waals surface area contributed by atoms with E-state index in [0.29, 0.717) is 18.2 Å². The van der Waals surface area contributed by atoms with Crippen LogP contribution in [0.25, 0.3) is 16.0 Å². The van der Waals surface area contributed by atoms with Crippen molar-refractivity contribution in [1.29, 1.82) is 0 Å². The highest BCUT2D eigenvalue weighted by molar-refractivity contribution is 7.98. The second-order valence-corrected chi connectivity index (χ2v) is 8.78. The van der Waals surface area contributed by atoms with E-state index in [1.807, 2.05) is 40.1 Å². The molecule has 0 bridgehead atoms. The molecule has 0 saturated heterocycles. The van der Waals surface area contributed by atoms with E-state index in [-0.39, 0.29) is 5.56 Å². The molecule has 0 atom stereocenters. The molecule has 134 valence electrons. The van der Waals surface area contributed by atoms with E-state index >= 15 is 0 Å². The van der Waals surface area contributed by atoms with Crippen molar-refractivity contribution in [2.75, 3.05) is 0 Å². The fraction of sp³-hybridized carbons (Fsp3) is 0.278. The van der Waals surface area contributed by atoms with Gasteiger partial charge in [-0.1, -0.05) is 49.3 Å². The van der Waals surface area contributed by atoms with Crippen molar-refractivity contribution in [3.8, 4) is 0 Å². The largest absolute Gasteiger partial charge is 0.275 e. The van der Waals surface area contributed by atoms with E-state index in [1.54, 1.807) is 16.3 Å². The van der Waals surface area contributed by atoms with E-state index in [2.05, 4.69) is 24.0 Å². The number of benzene rings is 1. The second kappa shape index (κ2) is 7.06. The zero-order valence-corrected chi connectivity index (χ0v) is 16.7. The SMILES string of the molecule is CC(C)Cn1c(=O)c2sccc2n2c(SCc3cccc(Cl)c3)nnc12. The summed E-state index contributed by atoms with van der Waals surface area (Å²) < 4.78 is 4.47. The molecule has 0 radical (unpaired) electrons. The molecule has 4 aromatic rings. The predicted molar refractivity (Wildman–Crippen MR) is 108 cm³/mol. The van der Waals surface area contributed by atoms with E-state index < -0.39 is 0 Å². The van der Waals surface area contributed by atoms with Crippen LogP contribution in [-0.2, 0) is 12.3 Å². The Kier molecular flexibility index (Phi) is 4.77. The lowest BCUT2D eigenvalue weighted by Crippen LogP contribution is -2.24. The summed E-state index contributed by atoms with van der Waals surface area (Å²) >= 11 is 9.12. The molecule has 26 heavy (non-hydrogen) atoms. The van der Waals surface area contributed by atoms with Gasteiger partial charge in [-0.2, -0.15) is 0 Å². The van der Waals surface area contributed by atoms with E-state index in [0.717, 1.165) is 31.7 Å². The molecule has 4 rings (SSSR count). The molecule has 0 saturated carbocycles. The van der Waals surface area contributed by atoms with E-state index in [9.17, 15) is 4.79 Å². The first-order valence-corrected chi connectivity index (χ1v) is 10.5. The van der Waals surface area contributed by atoms with Crippen LogP contribution in [0.2, 0.25) is 5.02 Å². The summed E-state index contributed by atoms with van der Waals surface area (Å²) in [5, 5.41) is 12.1. The fourth-order valence-electron chi connectivity index (χ4n) is 2.90. The zero-order valence-electron chi connectivity index (χ0n) is 14.3. The summed E-state index contributed by atoms with van der Waals surface area (Å²) in [4.78, 5) is 12.8. The molecule has 0 fully saturated rings. The van der Waals surface area contributed by atoms with Crippen molar-refractivity contribution in [2.45, 2.75) is 31.3 Å². The number of thioether (sulfide) groups is 1. The molecule has 3 aromatic heterocycles. The standard InChI is InChI=1S/C18H17ClN4OS2/c1-11(2)9-22-16(24)15-14(6-7-25-15)23-17(22)20-21-18(23)26-10-12-4-3-5-13(19)8-12/h3-8,11H,9-10H2,1-2H3. The molecular formula is C18H17ClN4OS2. The summed E-state index contributed by atoms with van der Waals surface area (Å²) in [7, 11) is 0. The Morgan fingerprint density at radius 3 is 2.88 bits per heavy atom. The minimum atomic E-state index is 0.00925. The Hall–Kier alpha value is -1.83. The molecule has 0 spiro atoms. The lowest BCUT2D eigenvalue weighted by Gasteiger charge is -2.11. The number of aromatic nitrogens is 4. The van der Waals surface area contributed by atoms with Crippen molar-refractivity contribution in [3.63, 3.8) is 0 Å². The maximum Gasteiger partial charge on any atom is 0.272 e. The van der Waals surface area contributed by atoms with Crippen LogP contribution < -0.4 is 5.56 Å². The highest BCUT2D eigenvalue weighted by atomic mass is 35.5. The highest BCUT2D eigenvalue weighted by Crippen LogP contribution is 2.27. The maximum absolute atomic E-state index is 12.8. The molecule has 0 amide bonds. The minimum absolute atomic E-state index is 0.00925. The Morgan fingerprint density at radius 1 is 1.27 bits per heavy atom. The van der Waals surface area contributed by atoms with Gasteiger partial charge in [-0.3, -0.25) is 13.8 Å². The average molecular weight is 405 g/mol. The summed E-state index contributed by atoms with van der Waals surface area (Å²) in [5.74, 6) is 1.67. The van der Waals surface area contributed by atoms with E-state index in [1.165, 1.54) is 11.3 Å². The number of thiophene rings is 1. The van der Waals surface area contributed by atoms with Gasteiger partial charge in [0, 0.05) is 17.3 Å². The van der Waals surface area contributed by atoms with Gasteiger partial charge in [0.1, 0.15) is 4.70 Å². The van der Waals surface area contributed by atoms with Crippen LogP contribution in [0.3, 0.4) is 0 Å². The smallest absolute Gasteiger partial charge is 0.272 e. The third kappa shape index (κ3) is 3.15. The number of fused-ring (bicyclic) bond motifs is 3. The lowest BCUT2D eigenvalue weighted by molar-refractivity contribution is 0.517. The summed E-state index contributed by atoms with van der Waals surface area (Å²) in [6.45, 7) is 4.80. The van der Waals surface area contributed by atoms with Crippen LogP contribution in [0.1, 0.15) is 19.4 Å².